The molecule has 2 heteroatoms. The van der Waals surface area contributed by atoms with Crippen molar-refractivity contribution in [1.29, 1.82) is 0 Å². The van der Waals surface area contributed by atoms with Crippen LogP contribution in [0.5, 0.6) is 0 Å². The normalized spacial score (nSPS) is 22.8. The van der Waals surface area contributed by atoms with Crippen LogP contribution in [0.25, 0.3) is 0 Å². The molecule has 2 nitrogen and oxygen atoms in total. The number of fused-ring (bicyclic) bond motifs is 1. The molecule has 2 atom stereocenters. The molecule has 0 N–H and O–H groups in total. The van der Waals surface area contributed by atoms with Crippen molar-refractivity contribution in [3.05, 3.63) is 59.5 Å². The zero-order valence-corrected chi connectivity index (χ0v) is 9.72. The summed E-state index contributed by atoms with van der Waals surface area (Å²) in [5, 5.41) is 0. The molecule has 1 aliphatic carbocycles. The molecule has 2 unspecified atom stereocenters. The van der Waals surface area contributed by atoms with E-state index in [0.717, 1.165) is 11.3 Å². The lowest BCUT2D eigenvalue weighted by atomic mass is 9.90. The van der Waals surface area contributed by atoms with E-state index in [1.807, 2.05) is 30.3 Å². The van der Waals surface area contributed by atoms with Gasteiger partial charge in [-0.1, -0.05) is 31.2 Å². The molecular formula is C15H14O2. The molecule has 1 aromatic heterocycles. The van der Waals surface area contributed by atoms with Crippen LogP contribution in [0.15, 0.2) is 47.1 Å². The molecule has 17 heavy (non-hydrogen) atoms. The van der Waals surface area contributed by atoms with E-state index in [1.54, 1.807) is 6.26 Å². The SMILES string of the molecule is CC1c2ccccc2C(=O)C1Cc1ccco1. The Kier molecular flexibility index (Phi) is 2.36. The standard InChI is InChI=1S/C15H14O2/c1-10-12-6-2-3-7-13(12)15(16)14(10)9-11-5-4-8-17-11/h2-8,10,14H,9H2,1H3. The fourth-order valence-corrected chi connectivity index (χ4v) is 2.68. The van der Waals surface area contributed by atoms with Gasteiger partial charge in [0.15, 0.2) is 5.78 Å². The summed E-state index contributed by atoms with van der Waals surface area (Å²) in [6.45, 7) is 2.12. The van der Waals surface area contributed by atoms with Gasteiger partial charge in [0, 0.05) is 17.9 Å². The zero-order chi connectivity index (χ0) is 11.8. The van der Waals surface area contributed by atoms with E-state index >= 15 is 0 Å². The Bertz CT molecular complexity index is 540. The first-order valence-electron chi connectivity index (χ1n) is 5.93. The Morgan fingerprint density at radius 3 is 2.71 bits per heavy atom. The van der Waals surface area contributed by atoms with Gasteiger partial charge in [0.2, 0.25) is 0 Å². The van der Waals surface area contributed by atoms with Gasteiger partial charge >= 0.3 is 0 Å². The monoisotopic (exact) mass is 226 g/mol. The van der Waals surface area contributed by atoms with Crippen molar-refractivity contribution >= 4 is 5.78 Å². The molecule has 0 aliphatic heterocycles. The van der Waals surface area contributed by atoms with Gasteiger partial charge in [0.25, 0.3) is 0 Å². The molecule has 0 saturated carbocycles. The Balaban J connectivity index is 1.92. The molecular weight excluding hydrogens is 212 g/mol. The maximum absolute atomic E-state index is 12.3. The molecule has 86 valence electrons. The van der Waals surface area contributed by atoms with Gasteiger partial charge < -0.3 is 4.42 Å². The van der Waals surface area contributed by atoms with Crippen molar-refractivity contribution < 1.29 is 9.21 Å². The number of hydrogen-bond acceptors (Lipinski definition) is 2. The summed E-state index contributed by atoms with van der Waals surface area (Å²) in [6.07, 6.45) is 2.36. The Labute approximate surface area is 100 Å². The van der Waals surface area contributed by atoms with Gasteiger partial charge in [-0.15, -0.1) is 0 Å². The first-order chi connectivity index (χ1) is 8.27. The fourth-order valence-electron chi connectivity index (χ4n) is 2.68. The lowest BCUT2D eigenvalue weighted by molar-refractivity contribution is 0.0921. The van der Waals surface area contributed by atoms with Crippen LogP contribution in [0.4, 0.5) is 0 Å². The molecule has 0 saturated heterocycles. The molecule has 3 rings (SSSR count). The van der Waals surface area contributed by atoms with Crippen LogP contribution in [0.3, 0.4) is 0 Å². The Morgan fingerprint density at radius 2 is 2.00 bits per heavy atom. The van der Waals surface area contributed by atoms with Crippen LogP contribution >= 0.6 is 0 Å². The largest absolute Gasteiger partial charge is 0.469 e. The number of ketones is 1. The number of hydrogen-bond donors (Lipinski definition) is 0. The van der Waals surface area contributed by atoms with Gasteiger partial charge in [-0.25, -0.2) is 0 Å². The third-order valence-corrected chi connectivity index (χ3v) is 3.66. The van der Waals surface area contributed by atoms with Crippen molar-refractivity contribution in [3.8, 4) is 0 Å². The first kappa shape index (κ1) is 10.3. The minimum absolute atomic E-state index is 0.0264. The smallest absolute Gasteiger partial charge is 0.167 e. The van der Waals surface area contributed by atoms with E-state index in [1.165, 1.54) is 5.56 Å². The predicted octanol–water partition coefficient (Wildman–Crippen LogP) is 3.44. The Hall–Kier alpha value is -1.83. The average molecular weight is 226 g/mol. The van der Waals surface area contributed by atoms with E-state index in [9.17, 15) is 4.79 Å². The van der Waals surface area contributed by atoms with E-state index in [4.69, 9.17) is 4.42 Å². The van der Waals surface area contributed by atoms with E-state index in [-0.39, 0.29) is 17.6 Å². The molecule has 2 aromatic rings. The van der Waals surface area contributed by atoms with Crippen molar-refractivity contribution in [1.82, 2.24) is 0 Å². The maximum atomic E-state index is 12.3. The first-order valence-corrected chi connectivity index (χ1v) is 5.93. The zero-order valence-electron chi connectivity index (χ0n) is 9.72. The maximum Gasteiger partial charge on any atom is 0.167 e. The van der Waals surface area contributed by atoms with Crippen LogP contribution in [0, 0.1) is 5.92 Å². The highest BCUT2D eigenvalue weighted by atomic mass is 16.3. The summed E-state index contributed by atoms with van der Waals surface area (Å²) in [7, 11) is 0. The van der Waals surface area contributed by atoms with Crippen LogP contribution in [-0.2, 0) is 6.42 Å². The van der Waals surface area contributed by atoms with Crippen molar-refractivity contribution in [2.45, 2.75) is 19.3 Å². The van der Waals surface area contributed by atoms with Gasteiger partial charge in [-0.05, 0) is 23.6 Å². The minimum atomic E-state index is 0.0264. The number of Topliss-reactive ketones (excluding diaryl/α,β-unsaturated/α-hetero) is 1. The second-order valence-corrected chi connectivity index (χ2v) is 4.63. The van der Waals surface area contributed by atoms with Crippen LogP contribution in [-0.4, -0.2) is 5.78 Å². The van der Waals surface area contributed by atoms with Gasteiger partial charge in [-0.3, -0.25) is 4.79 Å². The number of furan rings is 1. The third-order valence-electron chi connectivity index (χ3n) is 3.66. The lowest BCUT2D eigenvalue weighted by Crippen LogP contribution is -2.14. The summed E-state index contributed by atoms with van der Waals surface area (Å²) < 4.78 is 5.34. The van der Waals surface area contributed by atoms with Crippen molar-refractivity contribution in [2.75, 3.05) is 0 Å². The van der Waals surface area contributed by atoms with Gasteiger partial charge in [0.1, 0.15) is 5.76 Å². The summed E-state index contributed by atoms with van der Waals surface area (Å²) in [6, 6.07) is 11.7. The average Bonchev–Trinajstić information content (AvgIpc) is 2.94. The topological polar surface area (TPSA) is 30.2 Å². The summed E-state index contributed by atoms with van der Waals surface area (Å²) in [5.74, 6) is 1.45. The van der Waals surface area contributed by atoms with Gasteiger partial charge in [-0.2, -0.15) is 0 Å². The quantitative estimate of drug-likeness (QED) is 0.785. The number of carbonyl (C=O) groups is 1. The van der Waals surface area contributed by atoms with Crippen molar-refractivity contribution in [2.24, 2.45) is 5.92 Å². The third kappa shape index (κ3) is 1.60. The van der Waals surface area contributed by atoms with Gasteiger partial charge in [0.05, 0.1) is 6.26 Å². The summed E-state index contributed by atoms with van der Waals surface area (Å²) in [4.78, 5) is 12.3. The number of rotatable bonds is 2. The highest BCUT2D eigenvalue weighted by molar-refractivity contribution is 6.03. The second-order valence-electron chi connectivity index (χ2n) is 4.63. The fraction of sp³-hybridized carbons (Fsp3) is 0.267. The highest BCUT2D eigenvalue weighted by Gasteiger charge is 2.36. The van der Waals surface area contributed by atoms with Crippen molar-refractivity contribution in [3.63, 3.8) is 0 Å². The highest BCUT2D eigenvalue weighted by Crippen LogP contribution is 2.39. The summed E-state index contributed by atoms with van der Waals surface area (Å²) in [5.41, 5.74) is 2.06. The lowest BCUT2D eigenvalue weighted by Gasteiger charge is -2.12. The molecule has 0 amide bonds. The second kappa shape index (κ2) is 3.88. The van der Waals surface area contributed by atoms with E-state index in [0.29, 0.717) is 6.42 Å². The van der Waals surface area contributed by atoms with Crippen LogP contribution in [0.1, 0.15) is 34.5 Å². The molecule has 0 bridgehead atoms. The van der Waals surface area contributed by atoms with Crippen LogP contribution < -0.4 is 0 Å². The predicted molar refractivity (Wildman–Crippen MR) is 65.1 cm³/mol. The molecule has 1 aromatic carbocycles. The molecule has 1 aliphatic rings. The number of benzene rings is 1. The molecule has 0 radical (unpaired) electrons. The van der Waals surface area contributed by atoms with E-state index in [2.05, 4.69) is 13.0 Å². The summed E-state index contributed by atoms with van der Waals surface area (Å²) >= 11 is 0. The Morgan fingerprint density at radius 1 is 1.18 bits per heavy atom. The van der Waals surface area contributed by atoms with Crippen LogP contribution in [0.2, 0.25) is 0 Å². The minimum Gasteiger partial charge on any atom is -0.469 e. The van der Waals surface area contributed by atoms with E-state index < -0.39 is 0 Å². The number of carbonyl (C=O) groups excluding carboxylic acids is 1. The molecule has 0 fully saturated rings. The molecule has 1 heterocycles. The molecule has 0 spiro atoms.